The molecule has 0 saturated carbocycles. The summed E-state index contributed by atoms with van der Waals surface area (Å²) in [6.07, 6.45) is 1.21. The van der Waals surface area contributed by atoms with E-state index in [4.69, 9.17) is 10.5 Å². The van der Waals surface area contributed by atoms with Crippen molar-refractivity contribution in [3.63, 3.8) is 0 Å². The molecule has 1 fully saturated rings. The van der Waals surface area contributed by atoms with Crippen molar-refractivity contribution in [1.82, 2.24) is 0 Å². The molecule has 1 aliphatic rings. The van der Waals surface area contributed by atoms with Crippen LogP contribution in [0.3, 0.4) is 0 Å². The van der Waals surface area contributed by atoms with E-state index in [0.29, 0.717) is 0 Å². The van der Waals surface area contributed by atoms with Gasteiger partial charge in [0.15, 0.2) is 0 Å². The number of ether oxygens (including phenoxy) is 1. The Bertz CT molecular complexity index is 334. The maximum Gasteiger partial charge on any atom is 0.0503 e. The molecule has 1 aromatic carbocycles. The molecule has 2 rings (SSSR count). The van der Waals surface area contributed by atoms with Gasteiger partial charge >= 0.3 is 0 Å². The lowest BCUT2D eigenvalue weighted by Gasteiger charge is -2.08. The van der Waals surface area contributed by atoms with Gasteiger partial charge in [0, 0.05) is 22.9 Å². The summed E-state index contributed by atoms with van der Waals surface area (Å²) in [5.74, 6) is 1.89. The predicted octanol–water partition coefficient (Wildman–Crippen LogP) is 2.71. The van der Waals surface area contributed by atoms with Crippen LogP contribution >= 0.6 is 11.8 Å². The van der Waals surface area contributed by atoms with Gasteiger partial charge in [-0.25, -0.2) is 0 Å². The molecule has 1 unspecified atom stereocenters. The van der Waals surface area contributed by atoms with Crippen molar-refractivity contribution in [2.75, 3.05) is 24.7 Å². The fraction of sp³-hybridized carbons (Fsp3) is 0.500. The van der Waals surface area contributed by atoms with Crippen molar-refractivity contribution in [3.8, 4) is 0 Å². The number of nitrogens with two attached hydrogens (primary N) is 1. The zero-order valence-electron chi connectivity index (χ0n) is 9.03. The van der Waals surface area contributed by atoms with Crippen LogP contribution in [0.25, 0.3) is 0 Å². The average molecular weight is 223 g/mol. The molecule has 2 N–H and O–H groups in total. The number of thioether (sulfide) groups is 1. The van der Waals surface area contributed by atoms with Crippen LogP contribution in [0.4, 0.5) is 5.69 Å². The van der Waals surface area contributed by atoms with Crippen molar-refractivity contribution in [2.24, 2.45) is 5.92 Å². The Morgan fingerprint density at radius 1 is 1.53 bits per heavy atom. The first kappa shape index (κ1) is 10.8. The minimum atomic E-state index is 0.729. The lowest BCUT2D eigenvalue weighted by Crippen LogP contribution is -2.02. The minimum Gasteiger partial charge on any atom is -0.399 e. The zero-order chi connectivity index (χ0) is 10.7. The number of hydrogen-bond donors (Lipinski definition) is 1. The Balaban J connectivity index is 1.90. The van der Waals surface area contributed by atoms with Crippen molar-refractivity contribution in [1.29, 1.82) is 0 Å². The van der Waals surface area contributed by atoms with Crippen LogP contribution in [0, 0.1) is 12.8 Å². The second-order valence-corrected chi connectivity index (χ2v) is 5.15. The van der Waals surface area contributed by atoms with E-state index in [1.807, 2.05) is 17.8 Å². The van der Waals surface area contributed by atoms with Crippen molar-refractivity contribution >= 4 is 17.4 Å². The SMILES string of the molecule is Cc1cc(SCC2CCOC2)ccc1N. The first-order valence-corrected chi connectivity index (χ1v) is 6.31. The lowest BCUT2D eigenvalue weighted by atomic mass is 10.2. The summed E-state index contributed by atoms with van der Waals surface area (Å²) in [5.41, 5.74) is 7.83. The Morgan fingerprint density at radius 2 is 2.40 bits per heavy atom. The van der Waals surface area contributed by atoms with Gasteiger partial charge in [-0.2, -0.15) is 0 Å². The molecular formula is C12H17NOS. The Kier molecular flexibility index (Phi) is 3.54. The number of benzene rings is 1. The van der Waals surface area contributed by atoms with Gasteiger partial charge in [-0.1, -0.05) is 0 Å². The highest BCUT2D eigenvalue weighted by Crippen LogP contribution is 2.26. The van der Waals surface area contributed by atoms with Gasteiger partial charge in [0.2, 0.25) is 0 Å². The number of nitrogen functional groups attached to an aromatic ring is 1. The van der Waals surface area contributed by atoms with E-state index in [9.17, 15) is 0 Å². The zero-order valence-corrected chi connectivity index (χ0v) is 9.85. The molecule has 0 aromatic heterocycles. The molecule has 1 saturated heterocycles. The normalized spacial score (nSPS) is 20.7. The van der Waals surface area contributed by atoms with E-state index in [1.165, 1.54) is 16.9 Å². The number of rotatable bonds is 3. The predicted molar refractivity (Wildman–Crippen MR) is 65.2 cm³/mol. The average Bonchev–Trinajstić information content (AvgIpc) is 2.73. The summed E-state index contributed by atoms with van der Waals surface area (Å²) < 4.78 is 5.36. The molecule has 0 spiro atoms. The first-order chi connectivity index (χ1) is 7.25. The molecule has 1 aliphatic heterocycles. The third kappa shape index (κ3) is 2.89. The van der Waals surface area contributed by atoms with Gasteiger partial charge in [0.05, 0.1) is 6.61 Å². The molecule has 0 bridgehead atoms. The smallest absolute Gasteiger partial charge is 0.0503 e. The van der Waals surface area contributed by atoms with Gasteiger partial charge in [-0.05, 0) is 43.0 Å². The topological polar surface area (TPSA) is 35.2 Å². The standard InChI is InChI=1S/C12H17NOS/c1-9-6-11(2-3-12(9)13)15-8-10-4-5-14-7-10/h2-3,6,10H,4-5,7-8,13H2,1H3. The molecular weight excluding hydrogens is 206 g/mol. The van der Waals surface area contributed by atoms with E-state index in [-0.39, 0.29) is 0 Å². The molecule has 1 atom stereocenters. The molecule has 3 heteroatoms. The Labute approximate surface area is 95.2 Å². The second-order valence-electron chi connectivity index (χ2n) is 4.06. The largest absolute Gasteiger partial charge is 0.399 e. The molecule has 0 aliphatic carbocycles. The minimum absolute atomic E-state index is 0.729. The first-order valence-electron chi connectivity index (χ1n) is 5.32. The van der Waals surface area contributed by atoms with Gasteiger partial charge in [-0.15, -0.1) is 11.8 Å². The highest BCUT2D eigenvalue weighted by Gasteiger charge is 2.15. The maximum absolute atomic E-state index is 5.78. The highest BCUT2D eigenvalue weighted by molar-refractivity contribution is 7.99. The van der Waals surface area contributed by atoms with Gasteiger partial charge < -0.3 is 10.5 Å². The summed E-state index contributed by atoms with van der Waals surface area (Å²) in [6, 6.07) is 6.25. The summed E-state index contributed by atoms with van der Waals surface area (Å²) in [4.78, 5) is 1.31. The van der Waals surface area contributed by atoms with Gasteiger partial charge in [0.25, 0.3) is 0 Å². The van der Waals surface area contributed by atoms with Crippen LogP contribution in [-0.4, -0.2) is 19.0 Å². The van der Waals surface area contributed by atoms with Crippen LogP contribution in [0.15, 0.2) is 23.1 Å². The fourth-order valence-electron chi connectivity index (χ4n) is 1.67. The summed E-state index contributed by atoms with van der Waals surface area (Å²) >= 11 is 1.90. The van der Waals surface area contributed by atoms with E-state index in [2.05, 4.69) is 19.1 Å². The van der Waals surface area contributed by atoms with Crippen LogP contribution in [0.1, 0.15) is 12.0 Å². The molecule has 0 radical (unpaired) electrons. The third-order valence-corrected chi connectivity index (χ3v) is 3.98. The van der Waals surface area contributed by atoms with Crippen molar-refractivity contribution in [3.05, 3.63) is 23.8 Å². The van der Waals surface area contributed by atoms with Crippen LogP contribution in [0.5, 0.6) is 0 Å². The quantitative estimate of drug-likeness (QED) is 0.632. The number of anilines is 1. The van der Waals surface area contributed by atoms with Crippen LogP contribution in [-0.2, 0) is 4.74 Å². The van der Waals surface area contributed by atoms with Crippen molar-refractivity contribution in [2.45, 2.75) is 18.2 Å². The monoisotopic (exact) mass is 223 g/mol. The summed E-state index contributed by atoms with van der Waals surface area (Å²) in [5, 5.41) is 0. The van der Waals surface area contributed by atoms with E-state index in [1.54, 1.807) is 0 Å². The van der Waals surface area contributed by atoms with Crippen LogP contribution in [0.2, 0.25) is 0 Å². The fourth-order valence-corrected chi connectivity index (χ4v) is 2.78. The molecule has 15 heavy (non-hydrogen) atoms. The molecule has 0 amide bonds. The number of hydrogen-bond acceptors (Lipinski definition) is 3. The molecule has 1 heterocycles. The van der Waals surface area contributed by atoms with E-state index in [0.717, 1.165) is 30.6 Å². The Morgan fingerprint density at radius 3 is 3.07 bits per heavy atom. The number of aryl methyl sites for hydroxylation is 1. The maximum atomic E-state index is 5.78. The Hall–Kier alpha value is -0.670. The van der Waals surface area contributed by atoms with E-state index < -0.39 is 0 Å². The van der Waals surface area contributed by atoms with Crippen LogP contribution < -0.4 is 5.73 Å². The molecule has 82 valence electrons. The highest BCUT2D eigenvalue weighted by atomic mass is 32.2. The summed E-state index contributed by atoms with van der Waals surface area (Å²) in [6.45, 7) is 3.92. The van der Waals surface area contributed by atoms with E-state index >= 15 is 0 Å². The molecule has 1 aromatic rings. The summed E-state index contributed by atoms with van der Waals surface area (Å²) in [7, 11) is 0. The van der Waals surface area contributed by atoms with Gasteiger partial charge in [0.1, 0.15) is 0 Å². The second kappa shape index (κ2) is 4.90. The lowest BCUT2D eigenvalue weighted by molar-refractivity contribution is 0.189. The van der Waals surface area contributed by atoms with Crippen molar-refractivity contribution < 1.29 is 4.74 Å². The molecule has 2 nitrogen and oxygen atoms in total. The van der Waals surface area contributed by atoms with Gasteiger partial charge in [-0.3, -0.25) is 0 Å². The third-order valence-electron chi connectivity index (χ3n) is 2.75.